The molecule has 0 saturated carbocycles. The third-order valence-electron chi connectivity index (χ3n) is 4.90. The van der Waals surface area contributed by atoms with E-state index in [0.717, 1.165) is 49.4 Å². The Morgan fingerprint density at radius 3 is 2.70 bits per heavy atom. The molecule has 0 radical (unpaired) electrons. The van der Waals surface area contributed by atoms with Gasteiger partial charge in [-0.3, -0.25) is 0 Å². The van der Waals surface area contributed by atoms with Crippen LogP contribution in [0.3, 0.4) is 0 Å². The summed E-state index contributed by atoms with van der Waals surface area (Å²) in [4.78, 5) is 2.35. The largest absolute Gasteiger partial charge is 0.411 e. The molecular formula is C19H21N3O. The Balaban J connectivity index is 1.98. The Bertz CT molecular complexity index is 768. The van der Waals surface area contributed by atoms with Gasteiger partial charge in [0.05, 0.1) is 5.71 Å². The highest BCUT2D eigenvalue weighted by atomic mass is 16.4. The van der Waals surface area contributed by atoms with Gasteiger partial charge in [-0.15, -0.1) is 0 Å². The summed E-state index contributed by atoms with van der Waals surface area (Å²) in [5.41, 5.74) is 8.29. The van der Waals surface area contributed by atoms with Crippen molar-refractivity contribution in [1.29, 1.82) is 0 Å². The average Bonchev–Trinajstić information content (AvgIpc) is 2.61. The van der Waals surface area contributed by atoms with Crippen LogP contribution in [0.25, 0.3) is 11.1 Å². The van der Waals surface area contributed by atoms with Crippen molar-refractivity contribution in [3.05, 3.63) is 53.1 Å². The maximum absolute atomic E-state index is 9.41. The van der Waals surface area contributed by atoms with Crippen molar-refractivity contribution in [2.24, 2.45) is 5.16 Å². The van der Waals surface area contributed by atoms with Crippen molar-refractivity contribution in [3.8, 4) is 11.1 Å². The number of fused-ring (bicyclic) bond motifs is 3. The van der Waals surface area contributed by atoms with Crippen LogP contribution in [-0.4, -0.2) is 36.0 Å². The highest BCUT2D eigenvalue weighted by molar-refractivity contribution is 6.08. The summed E-state index contributed by atoms with van der Waals surface area (Å²) in [6.07, 6.45) is 1.81. The minimum atomic E-state index is 0.756. The van der Waals surface area contributed by atoms with Crippen LogP contribution >= 0.6 is 0 Å². The molecule has 0 amide bonds. The normalized spacial score (nSPS) is 19.1. The lowest BCUT2D eigenvalue weighted by atomic mass is 9.84. The van der Waals surface area contributed by atoms with Gasteiger partial charge in [0, 0.05) is 37.3 Å². The molecule has 0 atom stereocenters. The zero-order valence-corrected chi connectivity index (χ0v) is 13.3. The first-order valence-electron chi connectivity index (χ1n) is 8.16. The maximum atomic E-state index is 9.41. The second kappa shape index (κ2) is 5.70. The van der Waals surface area contributed by atoms with E-state index in [1.165, 1.54) is 22.3 Å². The van der Waals surface area contributed by atoms with Gasteiger partial charge in [0.25, 0.3) is 0 Å². The molecule has 2 heterocycles. The Morgan fingerprint density at radius 1 is 1.09 bits per heavy atom. The summed E-state index contributed by atoms with van der Waals surface area (Å²) in [6, 6.07) is 12.7. The predicted molar refractivity (Wildman–Crippen MR) is 93.3 cm³/mol. The molecular weight excluding hydrogens is 286 g/mol. The third kappa shape index (κ3) is 2.39. The number of likely N-dealkylation sites (N-methyl/N-ethyl adjacent to an activating group) is 1. The van der Waals surface area contributed by atoms with Crippen molar-refractivity contribution >= 4 is 11.4 Å². The predicted octanol–water partition coefficient (Wildman–Crippen LogP) is 3.34. The van der Waals surface area contributed by atoms with Crippen molar-refractivity contribution in [1.82, 2.24) is 4.90 Å². The van der Waals surface area contributed by atoms with Gasteiger partial charge >= 0.3 is 0 Å². The van der Waals surface area contributed by atoms with E-state index < -0.39 is 0 Å². The van der Waals surface area contributed by atoms with E-state index in [-0.39, 0.29) is 0 Å². The fourth-order valence-corrected chi connectivity index (χ4v) is 3.74. The summed E-state index contributed by atoms with van der Waals surface area (Å²) >= 11 is 0. The van der Waals surface area contributed by atoms with Crippen molar-refractivity contribution in [3.63, 3.8) is 0 Å². The van der Waals surface area contributed by atoms with Crippen LogP contribution < -0.4 is 5.32 Å². The average molecular weight is 307 g/mol. The Hall–Kier alpha value is -2.33. The second-order valence-corrected chi connectivity index (χ2v) is 6.38. The Labute approximate surface area is 136 Å². The number of anilines is 1. The topological polar surface area (TPSA) is 47.9 Å². The van der Waals surface area contributed by atoms with Crippen molar-refractivity contribution in [2.45, 2.75) is 19.4 Å². The molecule has 0 spiro atoms. The molecule has 2 aliphatic rings. The molecule has 118 valence electrons. The first kappa shape index (κ1) is 14.3. The highest BCUT2D eigenvalue weighted by Gasteiger charge is 2.27. The number of hydrogen-bond acceptors (Lipinski definition) is 4. The third-order valence-corrected chi connectivity index (χ3v) is 4.90. The molecule has 0 bridgehead atoms. The van der Waals surface area contributed by atoms with Crippen LogP contribution in [0.15, 0.2) is 41.6 Å². The van der Waals surface area contributed by atoms with Gasteiger partial charge in [0.15, 0.2) is 0 Å². The van der Waals surface area contributed by atoms with Crippen molar-refractivity contribution in [2.75, 3.05) is 25.5 Å². The smallest absolute Gasteiger partial charge is 0.0906 e. The first-order valence-corrected chi connectivity index (χ1v) is 8.16. The van der Waals surface area contributed by atoms with Crippen LogP contribution in [0.4, 0.5) is 5.69 Å². The van der Waals surface area contributed by atoms with E-state index >= 15 is 0 Å². The van der Waals surface area contributed by atoms with Gasteiger partial charge in [-0.1, -0.05) is 35.5 Å². The summed E-state index contributed by atoms with van der Waals surface area (Å²) in [7, 11) is 2.16. The molecule has 23 heavy (non-hydrogen) atoms. The first-order chi connectivity index (χ1) is 11.3. The molecule has 2 N–H and O–H groups in total. The monoisotopic (exact) mass is 307 g/mol. The second-order valence-electron chi connectivity index (χ2n) is 6.38. The van der Waals surface area contributed by atoms with Crippen LogP contribution in [0.2, 0.25) is 0 Å². The van der Waals surface area contributed by atoms with E-state index in [1.807, 2.05) is 6.07 Å². The van der Waals surface area contributed by atoms with Gasteiger partial charge in [0.2, 0.25) is 0 Å². The minimum absolute atomic E-state index is 0.756. The van der Waals surface area contributed by atoms with Crippen LogP contribution in [0, 0.1) is 0 Å². The van der Waals surface area contributed by atoms with Gasteiger partial charge < -0.3 is 15.4 Å². The number of nitrogens with zero attached hydrogens (tertiary/aromatic N) is 2. The summed E-state index contributed by atoms with van der Waals surface area (Å²) in [5, 5.41) is 16.5. The van der Waals surface area contributed by atoms with Gasteiger partial charge in [-0.2, -0.15) is 0 Å². The van der Waals surface area contributed by atoms with E-state index in [2.05, 4.69) is 52.8 Å². The standard InChI is InChI=1S/C19H21N3O/c1-22-10-8-14-15(13-5-3-2-4-6-13)11-16-18(21-23)7-9-20-19(16)17(14)12-22/h2-6,11,20,23H,7-10,12H2,1H3/b21-18-. The zero-order valence-electron chi connectivity index (χ0n) is 13.3. The number of rotatable bonds is 1. The molecule has 2 aromatic carbocycles. The minimum Gasteiger partial charge on any atom is -0.411 e. The summed E-state index contributed by atoms with van der Waals surface area (Å²) in [6.45, 7) is 2.84. The quantitative estimate of drug-likeness (QED) is 0.627. The molecule has 0 saturated heterocycles. The number of nitrogens with one attached hydrogen (secondary N) is 1. The van der Waals surface area contributed by atoms with E-state index in [1.54, 1.807) is 0 Å². The van der Waals surface area contributed by atoms with E-state index in [4.69, 9.17) is 0 Å². The summed E-state index contributed by atoms with van der Waals surface area (Å²) < 4.78 is 0. The van der Waals surface area contributed by atoms with Crippen LogP contribution in [0.5, 0.6) is 0 Å². The molecule has 4 nitrogen and oxygen atoms in total. The van der Waals surface area contributed by atoms with Gasteiger partial charge in [-0.25, -0.2) is 0 Å². The summed E-state index contributed by atoms with van der Waals surface area (Å²) in [5.74, 6) is 0. The van der Waals surface area contributed by atoms with Gasteiger partial charge in [0.1, 0.15) is 0 Å². The fraction of sp³-hybridized carbons (Fsp3) is 0.316. The molecule has 0 fully saturated rings. The maximum Gasteiger partial charge on any atom is 0.0906 e. The zero-order chi connectivity index (χ0) is 15.8. The molecule has 4 rings (SSSR count). The highest BCUT2D eigenvalue weighted by Crippen LogP contribution is 2.39. The van der Waals surface area contributed by atoms with Crippen LogP contribution in [-0.2, 0) is 13.0 Å². The molecule has 0 aliphatic carbocycles. The molecule has 2 aliphatic heterocycles. The molecule has 4 heteroatoms. The number of benzene rings is 2. The lowest BCUT2D eigenvalue weighted by molar-refractivity contribution is 0.313. The Kier molecular flexibility index (Phi) is 3.54. The molecule has 0 unspecified atom stereocenters. The van der Waals surface area contributed by atoms with Crippen molar-refractivity contribution < 1.29 is 5.21 Å². The fourth-order valence-electron chi connectivity index (χ4n) is 3.74. The molecule has 0 aromatic heterocycles. The molecule has 2 aromatic rings. The lowest BCUT2D eigenvalue weighted by Crippen LogP contribution is -2.30. The SMILES string of the molecule is CN1CCc2c(-c3ccccc3)cc3c(c2C1)NCC/C3=N/O. The Morgan fingerprint density at radius 2 is 1.91 bits per heavy atom. The number of hydrogen-bond donors (Lipinski definition) is 2. The van der Waals surface area contributed by atoms with Crippen LogP contribution in [0.1, 0.15) is 23.1 Å². The lowest BCUT2D eigenvalue weighted by Gasteiger charge is -2.32. The van der Waals surface area contributed by atoms with Gasteiger partial charge in [-0.05, 0) is 41.8 Å². The number of oxime groups is 1. The van der Waals surface area contributed by atoms with E-state index in [0.29, 0.717) is 0 Å². The van der Waals surface area contributed by atoms with E-state index in [9.17, 15) is 5.21 Å².